The predicted octanol–water partition coefficient (Wildman–Crippen LogP) is 3.99. The minimum absolute atomic E-state index is 0.0823. The van der Waals surface area contributed by atoms with Gasteiger partial charge in [-0.25, -0.2) is 4.39 Å². The Balaban J connectivity index is 2.32. The number of rotatable bonds is 1. The van der Waals surface area contributed by atoms with E-state index >= 15 is 0 Å². The van der Waals surface area contributed by atoms with Gasteiger partial charge in [-0.2, -0.15) is 0 Å². The van der Waals surface area contributed by atoms with Crippen molar-refractivity contribution in [3.8, 4) is 0 Å². The zero-order valence-corrected chi connectivity index (χ0v) is 12.2. The lowest BCUT2D eigenvalue weighted by Gasteiger charge is -2.39. The van der Waals surface area contributed by atoms with E-state index in [-0.39, 0.29) is 22.5 Å². The van der Waals surface area contributed by atoms with Crippen LogP contribution in [0.25, 0.3) is 0 Å². The van der Waals surface area contributed by atoms with Crippen LogP contribution in [-0.2, 0) is 0 Å². The SMILES string of the molecule is C[C@@H]1CCC[C@H](C)N1C(=O)c1cccc(F)c1Br. The molecule has 0 spiro atoms. The van der Waals surface area contributed by atoms with Gasteiger partial charge in [0.2, 0.25) is 0 Å². The summed E-state index contributed by atoms with van der Waals surface area (Å²) in [4.78, 5) is 14.4. The molecule has 0 radical (unpaired) electrons. The molecule has 0 aliphatic carbocycles. The molecule has 1 saturated heterocycles. The van der Waals surface area contributed by atoms with Crippen LogP contribution in [0.15, 0.2) is 22.7 Å². The van der Waals surface area contributed by atoms with Crippen molar-refractivity contribution >= 4 is 21.8 Å². The average Bonchev–Trinajstić information content (AvgIpc) is 2.32. The van der Waals surface area contributed by atoms with Crippen molar-refractivity contribution in [1.82, 2.24) is 4.90 Å². The summed E-state index contributed by atoms with van der Waals surface area (Å²) in [6.07, 6.45) is 3.18. The number of likely N-dealkylation sites (tertiary alicyclic amines) is 1. The van der Waals surface area contributed by atoms with Gasteiger partial charge in [-0.3, -0.25) is 4.79 Å². The first-order chi connectivity index (χ1) is 8.52. The molecule has 2 rings (SSSR count). The quantitative estimate of drug-likeness (QED) is 0.767. The minimum atomic E-state index is -0.391. The van der Waals surface area contributed by atoms with Crippen molar-refractivity contribution in [2.24, 2.45) is 0 Å². The maximum absolute atomic E-state index is 13.5. The van der Waals surface area contributed by atoms with E-state index < -0.39 is 5.82 Å². The summed E-state index contributed by atoms with van der Waals surface area (Å²) < 4.78 is 13.7. The second-order valence-electron chi connectivity index (χ2n) is 4.94. The van der Waals surface area contributed by atoms with Gasteiger partial charge in [0.05, 0.1) is 10.0 Å². The third-order valence-electron chi connectivity index (χ3n) is 3.61. The number of hydrogen-bond donors (Lipinski definition) is 0. The van der Waals surface area contributed by atoms with Gasteiger partial charge in [-0.05, 0) is 61.2 Å². The van der Waals surface area contributed by atoms with Crippen LogP contribution in [0.4, 0.5) is 4.39 Å². The number of amides is 1. The first-order valence-corrected chi connectivity index (χ1v) is 7.08. The highest BCUT2D eigenvalue weighted by Gasteiger charge is 2.30. The summed E-state index contributed by atoms with van der Waals surface area (Å²) in [6.45, 7) is 4.11. The highest BCUT2D eigenvalue weighted by Crippen LogP contribution is 2.28. The van der Waals surface area contributed by atoms with Crippen LogP contribution in [0.5, 0.6) is 0 Å². The normalized spacial score (nSPS) is 24.1. The number of nitrogens with zero attached hydrogens (tertiary/aromatic N) is 1. The van der Waals surface area contributed by atoms with Crippen LogP contribution in [0.3, 0.4) is 0 Å². The van der Waals surface area contributed by atoms with Gasteiger partial charge in [0.15, 0.2) is 0 Å². The molecular formula is C14H17BrFNO. The van der Waals surface area contributed by atoms with Gasteiger partial charge < -0.3 is 4.90 Å². The Labute approximate surface area is 115 Å². The first-order valence-electron chi connectivity index (χ1n) is 6.29. The number of carbonyl (C=O) groups excluding carboxylic acids is 1. The third-order valence-corrected chi connectivity index (χ3v) is 4.42. The average molecular weight is 314 g/mol. The number of carbonyl (C=O) groups is 1. The Morgan fingerprint density at radius 1 is 1.33 bits per heavy atom. The van der Waals surface area contributed by atoms with Gasteiger partial charge in [0.1, 0.15) is 5.82 Å². The van der Waals surface area contributed by atoms with E-state index in [4.69, 9.17) is 0 Å². The lowest BCUT2D eigenvalue weighted by molar-refractivity contribution is 0.0509. The lowest BCUT2D eigenvalue weighted by atomic mass is 9.96. The third kappa shape index (κ3) is 2.44. The number of piperidine rings is 1. The summed E-state index contributed by atoms with van der Waals surface area (Å²) in [6, 6.07) is 5.04. The maximum Gasteiger partial charge on any atom is 0.255 e. The van der Waals surface area contributed by atoms with Crippen LogP contribution in [0, 0.1) is 5.82 Å². The highest BCUT2D eigenvalue weighted by atomic mass is 79.9. The molecule has 2 atom stereocenters. The Morgan fingerprint density at radius 2 is 1.94 bits per heavy atom. The van der Waals surface area contributed by atoms with E-state index in [0.29, 0.717) is 5.56 Å². The van der Waals surface area contributed by atoms with Crippen LogP contribution in [0.1, 0.15) is 43.5 Å². The monoisotopic (exact) mass is 313 g/mol. The van der Waals surface area contributed by atoms with E-state index in [9.17, 15) is 9.18 Å². The second-order valence-corrected chi connectivity index (χ2v) is 5.74. The molecule has 1 aromatic rings. The molecule has 1 aliphatic heterocycles. The summed E-state index contributed by atoms with van der Waals surface area (Å²) in [7, 11) is 0. The van der Waals surface area contributed by atoms with E-state index in [1.807, 2.05) is 4.90 Å². The zero-order chi connectivity index (χ0) is 13.3. The molecule has 18 heavy (non-hydrogen) atoms. The topological polar surface area (TPSA) is 20.3 Å². The summed E-state index contributed by atoms with van der Waals surface area (Å²) in [5.41, 5.74) is 0.413. The Bertz CT molecular complexity index is 453. The maximum atomic E-state index is 13.5. The molecule has 1 heterocycles. The molecule has 1 fully saturated rings. The number of hydrogen-bond acceptors (Lipinski definition) is 1. The van der Waals surface area contributed by atoms with Crippen molar-refractivity contribution in [2.45, 2.75) is 45.2 Å². The Morgan fingerprint density at radius 3 is 2.56 bits per heavy atom. The molecule has 0 aromatic heterocycles. The summed E-state index contributed by atoms with van der Waals surface area (Å²) in [5, 5.41) is 0. The molecule has 1 aromatic carbocycles. The highest BCUT2D eigenvalue weighted by molar-refractivity contribution is 9.10. The predicted molar refractivity (Wildman–Crippen MR) is 73.0 cm³/mol. The fourth-order valence-electron chi connectivity index (χ4n) is 2.63. The van der Waals surface area contributed by atoms with Crippen molar-refractivity contribution in [3.63, 3.8) is 0 Å². The van der Waals surface area contributed by atoms with Gasteiger partial charge in [-0.15, -0.1) is 0 Å². The minimum Gasteiger partial charge on any atom is -0.333 e. The van der Waals surface area contributed by atoms with Gasteiger partial charge in [0, 0.05) is 12.1 Å². The fourth-order valence-corrected chi connectivity index (χ4v) is 3.06. The first kappa shape index (κ1) is 13.5. The molecular weight excluding hydrogens is 297 g/mol. The smallest absolute Gasteiger partial charge is 0.255 e. The van der Waals surface area contributed by atoms with Crippen molar-refractivity contribution in [2.75, 3.05) is 0 Å². The van der Waals surface area contributed by atoms with Crippen LogP contribution in [-0.4, -0.2) is 22.9 Å². The molecule has 0 saturated carbocycles. The van der Waals surface area contributed by atoms with Crippen LogP contribution < -0.4 is 0 Å². The van der Waals surface area contributed by atoms with E-state index in [1.165, 1.54) is 6.07 Å². The molecule has 0 unspecified atom stereocenters. The molecule has 0 N–H and O–H groups in total. The molecule has 0 bridgehead atoms. The molecule has 4 heteroatoms. The van der Waals surface area contributed by atoms with Gasteiger partial charge in [-0.1, -0.05) is 6.07 Å². The van der Waals surface area contributed by atoms with Gasteiger partial charge >= 0.3 is 0 Å². The van der Waals surface area contributed by atoms with Crippen molar-refractivity contribution in [3.05, 3.63) is 34.1 Å². The summed E-state index contributed by atoms with van der Waals surface area (Å²) >= 11 is 3.16. The fraction of sp³-hybridized carbons (Fsp3) is 0.500. The lowest BCUT2D eigenvalue weighted by Crippen LogP contribution is -2.47. The standard InChI is InChI=1S/C14H17BrFNO/c1-9-5-3-6-10(2)17(9)14(18)11-7-4-8-12(16)13(11)15/h4,7-10H,3,5-6H2,1-2H3/t9-,10+. The number of halogens is 2. The molecule has 1 amide bonds. The van der Waals surface area contributed by atoms with Crippen LogP contribution >= 0.6 is 15.9 Å². The Hall–Kier alpha value is -0.900. The van der Waals surface area contributed by atoms with E-state index in [1.54, 1.807) is 12.1 Å². The van der Waals surface area contributed by atoms with Gasteiger partial charge in [0.25, 0.3) is 5.91 Å². The molecule has 1 aliphatic rings. The summed E-state index contributed by atoms with van der Waals surface area (Å²) in [5.74, 6) is -0.473. The molecule has 98 valence electrons. The Kier molecular flexibility index (Phi) is 4.05. The van der Waals surface area contributed by atoms with E-state index in [0.717, 1.165) is 19.3 Å². The molecule has 2 nitrogen and oxygen atoms in total. The zero-order valence-electron chi connectivity index (χ0n) is 10.6. The second kappa shape index (κ2) is 5.39. The van der Waals surface area contributed by atoms with Crippen molar-refractivity contribution < 1.29 is 9.18 Å². The van der Waals surface area contributed by atoms with Crippen LogP contribution in [0.2, 0.25) is 0 Å². The number of benzene rings is 1. The van der Waals surface area contributed by atoms with E-state index in [2.05, 4.69) is 29.8 Å². The largest absolute Gasteiger partial charge is 0.333 e. The van der Waals surface area contributed by atoms with Crippen molar-refractivity contribution in [1.29, 1.82) is 0 Å².